The third-order valence-corrected chi connectivity index (χ3v) is 6.25. The number of imide groups is 1. The summed E-state index contributed by atoms with van der Waals surface area (Å²) in [6, 6.07) is 21.4. The first kappa shape index (κ1) is 21.1. The Morgan fingerprint density at radius 1 is 0.939 bits per heavy atom. The van der Waals surface area contributed by atoms with Crippen LogP contribution in [0.5, 0.6) is 0 Å². The molecule has 2 amide bonds. The van der Waals surface area contributed by atoms with Crippen molar-refractivity contribution in [3.05, 3.63) is 105 Å². The Morgan fingerprint density at radius 2 is 1.61 bits per heavy atom. The van der Waals surface area contributed by atoms with Crippen LogP contribution in [-0.2, 0) is 21.0 Å². The number of anilines is 1. The van der Waals surface area contributed by atoms with Gasteiger partial charge in [0.2, 0.25) is 5.91 Å². The molecule has 0 saturated carbocycles. The Hall–Kier alpha value is -3.75. The monoisotopic (exact) mass is 463 g/mol. The van der Waals surface area contributed by atoms with Crippen LogP contribution in [-0.4, -0.2) is 27.7 Å². The van der Waals surface area contributed by atoms with Gasteiger partial charge in [0.25, 0.3) is 11.6 Å². The van der Waals surface area contributed by atoms with E-state index in [0.717, 1.165) is 5.56 Å². The molecule has 0 spiro atoms. The number of hydrogen-bond acceptors (Lipinski definition) is 6. The third kappa shape index (κ3) is 3.63. The van der Waals surface area contributed by atoms with E-state index in [1.807, 2.05) is 36.4 Å². The van der Waals surface area contributed by atoms with Crippen molar-refractivity contribution >= 4 is 34.8 Å². The lowest BCUT2D eigenvalue weighted by Gasteiger charge is -2.29. The molecule has 0 aromatic heterocycles. The molecular weight excluding hydrogens is 446 g/mol. The smallest absolute Gasteiger partial charge is 0.269 e. The van der Waals surface area contributed by atoms with E-state index >= 15 is 0 Å². The first-order valence-corrected chi connectivity index (χ1v) is 10.7. The van der Waals surface area contributed by atoms with Gasteiger partial charge in [-0.1, -0.05) is 60.1 Å². The summed E-state index contributed by atoms with van der Waals surface area (Å²) in [5.74, 6) is -1.75. The number of carbonyl (C=O) groups excluding carboxylic acids is 2. The average Bonchev–Trinajstić information content (AvgIpc) is 3.32. The van der Waals surface area contributed by atoms with E-state index in [4.69, 9.17) is 16.4 Å². The maximum absolute atomic E-state index is 13.5. The quantitative estimate of drug-likeness (QED) is 0.318. The summed E-state index contributed by atoms with van der Waals surface area (Å²) in [7, 11) is 0. The van der Waals surface area contributed by atoms with Crippen LogP contribution in [0.2, 0.25) is 5.02 Å². The minimum absolute atomic E-state index is 0.121. The molecule has 2 aliphatic heterocycles. The van der Waals surface area contributed by atoms with Gasteiger partial charge in [0.15, 0.2) is 6.10 Å². The lowest BCUT2D eigenvalue weighted by molar-refractivity contribution is -0.384. The summed E-state index contributed by atoms with van der Waals surface area (Å²) in [4.78, 5) is 44.9. The average molecular weight is 464 g/mol. The SMILES string of the molecule is O=C1[C@@H]2[C@H](ON(c3ccccc3)[C@@H]2c2cc([N+](=O)[O-])ccc2Cl)C(=O)N1Cc1ccccc1. The fourth-order valence-electron chi connectivity index (χ4n) is 4.38. The van der Waals surface area contributed by atoms with Crippen LogP contribution in [0.25, 0.3) is 0 Å². The molecule has 5 rings (SSSR count). The number of hydrogen-bond donors (Lipinski definition) is 0. The standard InChI is InChI=1S/C24H18ClN3O5/c25-19-12-11-17(28(31)32)13-18(19)21-20-22(33-27(21)16-9-5-2-6-10-16)24(30)26(23(20)29)14-15-7-3-1-4-8-15/h1-13,20-22H,14H2/t20-,21+,22-/m0/s1. The molecular formula is C24H18ClN3O5. The number of likely N-dealkylation sites (tertiary alicyclic amines) is 1. The van der Waals surface area contributed by atoms with Crippen LogP contribution in [0.4, 0.5) is 11.4 Å². The number of amides is 2. The van der Waals surface area contributed by atoms with Gasteiger partial charge in [0, 0.05) is 22.7 Å². The number of nitrogens with zero attached hydrogens (tertiary/aromatic N) is 3. The molecule has 0 radical (unpaired) electrons. The number of nitro benzene ring substituents is 1. The molecule has 3 aromatic carbocycles. The lowest BCUT2D eigenvalue weighted by Crippen LogP contribution is -2.37. The topological polar surface area (TPSA) is 93.0 Å². The van der Waals surface area contributed by atoms with Crippen molar-refractivity contribution in [3.8, 4) is 0 Å². The summed E-state index contributed by atoms with van der Waals surface area (Å²) in [5, 5.41) is 13.1. The number of benzene rings is 3. The van der Waals surface area contributed by atoms with Gasteiger partial charge in [-0.25, -0.2) is 5.06 Å². The molecule has 0 aliphatic carbocycles. The van der Waals surface area contributed by atoms with Gasteiger partial charge in [0.1, 0.15) is 5.92 Å². The predicted octanol–water partition coefficient (Wildman–Crippen LogP) is 4.29. The van der Waals surface area contributed by atoms with Crippen molar-refractivity contribution in [2.45, 2.75) is 18.7 Å². The minimum atomic E-state index is -1.05. The van der Waals surface area contributed by atoms with E-state index < -0.39 is 34.8 Å². The Morgan fingerprint density at radius 3 is 2.27 bits per heavy atom. The van der Waals surface area contributed by atoms with Crippen LogP contribution < -0.4 is 5.06 Å². The second-order valence-electron chi connectivity index (χ2n) is 7.87. The molecule has 9 heteroatoms. The highest BCUT2D eigenvalue weighted by Crippen LogP contribution is 2.49. The Labute approximate surface area is 194 Å². The van der Waals surface area contributed by atoms with Crippen LogP contribution >= 0.6 is 11.6 Å². The fourth-order valence-corrected chi connectivity index (χ4v) is 4.61. The molecule has 2 saturated heterocycles. The van der Waals surface area contributed by atoms with Gasteiger partial charge in [-0.3, -0.25) is 29.4 Å². The number of non-ortho nitro benzene ring substituents is 1. The number of para-hydroxylation sites is 1. The van der Waals surface area contributed by atoms with Crippen molar-refractivity contribution in [2.24, 2.45) is 5.92 Å². The van der Waals surface area contributed by atoms with E-state index in [9.17, 15) is 19.7 Å². The van der Waals surface area contributed by atoms with Crippen molar-refractivity contribution in [2.75, 3.05) is 5.06 Å². The normalized spacial score (nSPS) is 22.0. The van der Waals surface area contributed by atoms with Crippen molar-refractivity contribution in [1.29, 1.82) is 0 Å². The molecule has 3 atom stereocenters. The molecule has 2 fully saturated rings. The summed E-state index contributed by atoms with van der Waals surface area (Å²) < 4.78 is 0. The van der Waals surface area contributed by atoms with Crippen LogP contribution in [0.15, 0.2) is 78.9 Å². The highest BCUT2D eigenvalue weighted by molar-refractivity contribution is 6.31. The first-order valence-electron chi connectivity index (χ1n) is 10.3. The van der Waals surface area contributed by atoms with Gasteiger partial charge in [-0.05, 0) is 23.8 Å². The van der Waals surface area contributed by atoms with Crippen molar-refractivity contribution < 1.29 is 19.3 Å². The molecule has 0 unspecified atom stereocenters. The number of fused-ring (bicyclic) bond motifs is 1. The maximum Gasteiger partial charge on any atom is 0.269 e. The molecule has 0 bridgehead atoms. The molecule has 3 aromatic rings. The van der Waals surface area contributed by atoms with E-state index in [2.05, 4.69) is 0 Å². The van der Waals surface area contributed by atoms with E-state index in [0.29, 0.717) is 11.3 Å². The lowest BCUT2D eigenvalue weighted by atomic mass is 9.90. The Balaban J connectivity index is 1.58. The van der Waals surface area contributed by atoms with Gasteiger partial charge in [-0.15, -0.1) is 0 Å². The number of rotatable bonds is 5. The zero-order valence-electron chi connectivity index (χ0n) is 17.2. The molecule has 0 N–H and O–H groups in total. The van der Waals surface area contributed by atoms with Crippen LogP contribution in [0.3, 0.4) is 0 Å². The molecule has 8 nitrogen and oxygen atoms in total. The van der Waals surface area contributed by atoms with E-state index in [-0.39, 0.29) is 17.3 Å². The Kier molecular flexibility index (Phi) is 5.32. The zero-order chi connectivity index (χ0) is 23.1. The van der Waals surface area contributed by atoms with Gasteiger partial charge in [0.05, 0.1) is 23.2 Å². The van der Waals surface area contributed by atoms with Crippen LogP contribution in [0, 0.1) is 16.0 Å². The molecule has 2 heterocycles. The summed E-state index contributed by atoms with van der Waals surface area (Å²) in [6.07, 6.45) is -1.05. The van der Waals surface area contributed by atoms with Gasteiger partial charge < -0.3 is 0 Å². The maximum atomic E-state index is 13.5. The summed E-state index contributed by atoms with van der Waals surface area (Å²) in [6.45, 7) is 0.121. The third-order valence-electron chi connectivity index (χ3n) is 5.91. The van der Waals surface area contributed by atoms with Gasteiger partial charge in [-0.2, -0.15) is 0 Å². The molecule has 166 valence electrons. The number of halogens is 1. The fraction of sp³-hybridized carbons (Fsp3) is 0.167. The largest absolute Gasteiger partial charge is 0.275 e. The molecule has 33 heavy (non-hydrogen) atoms. The zero-order valence-corrected chi connectivity index (χ0v) is 18.0. The van der Waals surface area contributed by atoms with Crippen molar-refractivity contribution in [3.63, 3.8) is 0 Å². The highest BCUT2D eigenvalue weighted by atomic mass is 35.5. The summed E-state index contributed by atoms with van der Waals surface area (Å²) in [5.41, 5.74) is 1.60. The predicted molar refractivity (Wildman–Crippen MR) is 120 cm³/mol. The number of nitro groups is 1. The van der Waals surface area contributed by atoms with Crippen molar-refractivity contribution in [1.82, 2.24) is 4.90 Å². The number of carbonyl (C=O) groups is 2. The van der Waals surface area contributed by atoms with Gasteiger partial charge >= 0.3 is 0 Å². The first-order chi connectivity index (χ1) is 16.0. The Bertz CT molecular complexity index is 1240. The van der Waals surface area contributed by atoms with E-state index in [1.54, 1.807) is 24.3 Å². The second-order valence-corrected chi connectivity index (χ2v) is 8.28. The van der Waals surface area contributed by atoms with E-state index in [1.165, 1.54) is 28.2 Å². The number of hydroxylamine groups is 1. The summed E-state index contributed by atoms with van der Waals surface area (Å²) >= 11 is 6.46. The minimum Gasteiger partial charge on any atom is -0.275 e. The highest BCUT2D eigenvalue weighted by Gasteiger charge is 2.60. The van der Waals surface area contributed by atoms with Crippen LogP contribution in [0.1, 0.15) is 17.2 Å². The second kappa shape index (κ2) is 8.31. The molecule has 2 aliphatic rings.